The van der Waals surface area contributed by atoms with E-state index in [-0.39, 0.29) is 0 Å². The molecule has 0 aromatic carbocycles. The van der Waals surface area contributed by atoms with Crippen molar-refractivity contribution in [3.8, 4) is 6.07 Å². The van der Waals surface area contributed by atoms with Crippen LogP contribution in [-0.4, -0.2) is 32.1 Å². The predicted octanol–water partition coefficient (Wildman–Crippen LogP) is 2.20. The van der Waals surface area contributed by atoms with Crippen LogP contribution >= 0.6 is 0 Å². The van der Waals surface area contributed by atoms with Crippen molar-refractivity contribution in [3.05, 3.63) is 0 Å². The van der Waals surface area contributed by atoms with Crippen LogP contribution in [0.3, 0.4) is 0 Å². The van der Waals surface area contributed by atoms with Gasteiger partial charge in [0.2, 0.25) is 0 Å². The van der Waals surface area contributed by atoms with E-state index in [2.05, 4.69) is 11.4 Å². The van der Waals surface area contributed by atoms with Gasteiger partial charge in [-0.3, -0.25) is 5.32 Å². The van der Waals surface area contributed by atoms with E-state index in [9.17, 15) is 5.26 Å². The average Bonchev–Trinajstić information content (AvgIpc) is 2.59. The van der Waals surface area contributed by atoms with E-state index in [0.717, 1.165) is 12.8 Å². The summed E-state index contributed by atoms with van der Waals surface area (Å²) in [5, 5.41) is 12.8. The minimum atomic E-state index is -0.779. The average molecular weight is 240 g/mol. The Balaban J connectivity index is 2.63. The molecule has 1 rings (SSSR count). The number of rotatable bonds is 5. The van der Waals surface area contributed by atoms with Crippen LogP contribution in [-0.2, 0) is 9.47 Å². The van der Waals surface area contributed by atoms with Crippen molar-refractivity contribution < 1.29 is 9.47 Å². The second kappa shape index (κ2) is 6.95. The lowest BCUT2D eigenvalue weighted by Crippen LogP contribution is -2.56. The number of hydrogen-bond acceptors (Lipinski definition) is 4. The van der Waals surface area contributed by atoms with Crippen molar-refractivity contribution in [2.45, 2.75) is 63.3 Å². The van der Waals surface area contributed by atoms with Gasteiger partial charge in [-0.15, -0.1) is 0 Å². The van der Waals surface area contributed by atoms with Gasteiger partial charge in [0, 0.05) is 20.3 Å². The first-order valence-corrected chi connectivity index (χ1v) is 6.41. The molecular formula is C13H24N2O2. The second-order valence-corrected chi connectivity index (χ2v) is 4.95. The summed E-state index contributed by atoms with van der Waals surface area (Å²) in [5.74, 6) is 0. The van der Waals surface area contributed by atoms with Gasteiger partial charge >= 0.3 is 0 Å². The summed E-state index contributed by atoms with van der Waals surface area (Å²) < 4.78 is 10.4. The van der Waals surface area contributed by atoms with Gasteiger partial charge in [0.15, 0.2) is 11.8 Å². The van der Waals surface area contributed by atoms with Crippen LogP contribution in [0.25, 0.3) is 0 Å². The highest BCUT2D eigenvalue weighted by Crippen LogP contribution is 2.21. The number of hydrogen-bond donors (Lipinski definition) is 1. The van der Waals surface area contributed by atoms with Crippen molar-refractivity contribution in [1.29, 1.82) is 5.26 Å². The molecule has 0 radical (unpaired) electrons. The first kappa shape index (κ1) is 14.4. The fraction of sp³-hybridized carbons (Fsp3) is 0.923. The highest BCUT2D eigenvalue weighted by molar-refractivity contribution is 5.08. The van der Waals surface area contributed by atoms with E-state index in [1.165, 1.54) is 25.7 Å². The van der Waals surface area contributed by atoms with E-state index < -0.39 is 11.8 Å². The van der Waals surface area contributed by atoms with Crippen LogP contribution in [0.15, 0.2) is 0 Å². The van der Waals surface area contributed by atoms with Crippen LogP contribution in [0.5, 0.6) is 0 Å². The van der Waals surface area contributed by atoms with Gasteiger partial charge in [-0.2, -0.15) is 5.26 Å². The number of ether oxygens (including phenoxy) is 2. The number of nitrogens with one attached hydrogen (secondary N) is 1. The van der Waals surface area contributed by atoms with Crippen molar-refractivity contribution in [2.24, 2.45) is 0 Å². The Morgan fingerprint density at radius 1 is 1.18 bits per heavy atom. The van der Waals surface area contributed by atoms with Crippen LogP contribution in [0, 0.1) is 11.3 Å². The zero-order valence-electron chi connectivity index (χ0n) is 11.2. The molecule has 1 N–H and O–H groups in total. The Labute approximate surface area is 104 Å². The summed E-state index contributed by atoms with van der Waals surface area (Å²) in [5.41, 5.74) is -0.779. The maximum Gasteiger partial charge on any atom is 0.188 e. The van der Waals surface area contributed by atoms with Crippen LogP contribution in [0.1, 0.15) is 45.4 Å². The van der Waals surface area contributed by atoms with E-state index >= 15 is 0 Å². The molecule has 17 heavy (non-hydrogen) atoms. The lowest BCUT2D eigenvalue weighted by atomic mass is 9.99. The maximum absolute atomic E-state index is 9.35. The minimum Gasteiger partial charge on any atom is -0.353 e. The summed E-state index contributed by atoms with van der Waals surface area (Å²) in [6.07, 6.45) is 6.83. The smallest absolute Gasteiger partial charge is 0.188 e. The molecule has 0 aliphatic heterocycles. The highest BCUT2D eigenvalue weighted by atomic mass is 16.7. The van der Waals surface area contributed by atoms with Gasteiger partial charge in [-0.05, 0) is 19.8 Å². The van der Waals surface area contributed by atoms with Crippen LogP contribution < -0.4 is 5.32 Å². The number of methoxy groups -OCH3 is 2. The van der Waals surface area contributed by atoms with Crippen molar-refractivity contribution in [2.75, 3.05) is 14.2 Å². The lowest BCUT2D eigenvalue weighted by Gasteiger charge is -2.33. The molecule has 0 saturated heterocycles. The Morgan fingerprint density at radius 2 is 1.71 bits per heavy atom. The molecule has 0 aromatic heterocycles. The summed E-state index contributed by atoms with van der Waals surface area (Å²) in [6.45, 7) is 1.84. The summed E-state index contributed by atoms with van der Waals surface area (Å²) >= 11 is 0. The van der Waals surface area contributed by atoms with Gasteiger partial charge in [0.25, 0.3) is 0 Å². The second-order valence-electron chi connectivity index (χ2n) is 4.95. The summed E-state index contributed by atoms with van der Waals surface area (Å²) in [4.78, 5) is 0. The molecule has 4 nitrogen and oxygen atoms in total. The molecule has 0 heterocycles. The van der Waals surface area contributed by atoms with E-state index in [1.807, 2.05) is 6.92 Å². The molecule has 98 valence electrons. The van der Waals surface area contributed by atoms with E-state index in [1.54, 1.807) is 14.2 Å². The molecule has 1 fully saturated rings. The highest BCUT2D eigenvalue weighted by Gasteiger charge is 2.37. The van der Waals surface area contributed by atoms with Gasteiger partial charge in [-0.25, -0.2) is 0 Å². The lowest BCUT2D eigenvalue weighted by molar-refractivity contribution is -0.139. The third-order valence-electron chi connectivity index (χ3n) is 3.49. The Kier molecular flexibility index (Phi) is 5.90. The largest absolute Gasteiger partial charge is 0.353 e. The molecule has 1 atom stereocenters. The van der Waals surface area contributed by atoms with Crippen molar-refractivity contribution in [3.63, 3.8) is 0 Å². The zero-order valence-corrected chi connectivity index (χ0v) is 11.2. The van der Waals surface area contributed by atoms with Crippen LogP contribution in [0.2, 0.25) is 0 Å². The van der Waals surface area contributed by atoms with Crippen LogP contribution in [0.4, 0.5) is 0 Å². The van der Waals surface area contributed by atoms with E-state index in [0.29, 0.717) is 6.04 Å². The molecule has 4 heteroatoms. The fourth-order valence-corrected chi connectivity index (χ4v) is 2.57. The Bertz CT molecular complexity index is 253. The molecule has 0 spiro atoms. The third kappa shape index (κ3) is 3.95. The van der Waals surface area contributed by atoms with Gasteiger partial charge in [0.05, 0.1) is 6.07 Å². The van der Waals surface area contributed by atoms with Crippen molar-refractivity contribution >= 4 is 0 Å². The molecule has 1 unspecified atom stereocenters. The normalized spacial score (nSPS) is 21.8. The predicted molar refractivity (Wildman–Crippen MR) is 66.4 cm³/mol. The molecule has 1 saturated carbocycles. The molecular weight excluding hydrogens is 216 g/mol. The molecule has 0 amide bonds. The molecule has 1 aliphatic rings. The molecule has 1 aliphatic carbocycles. The first-order valence-electron chi connectivity index (χ1n) is 6.41. The fourth-order valence-electron chi connectivity index (χ4n) is 2.57. The van der Waals surface area contributed by atoms with Crippen molar-refractivity contribution in [1.82, 2.24) is 5.32 Å². The SMILES string of the molecule is COC(OC)C(C)(C#N)NC1CCCCCC1. The minimum absolute atomic E-state index is 0.398. The third-order valence-corrected chi connectivity index (χ3v) is 3.49. The number of nitriles is 1. The zero-order chi connectivity index (χ0) is 12.7. The maximum atomic E-state index is 9.35. The Morgan fingerprint density at radius 3 is 2.12 bits per heavy atom. The number of nitrogens with zero attached hydrogens (tertiary/aromatic N) is 1. The summed E-state index contributed by atoms with van der Waals surface area (Å²) in [7, 11) is 3.14. The van der Waals surface area contributed by atoms with Gasteiger partial charge in [0.1, 0.15) is 0 Å². The van der Waals surface area contributed by atoms with E-state index in [4.69, 9.17) is 9.47 Å². The standard InChI is InChI=1S/C13H24N2O2/c1-13(10-14,12(16-2)17-3)15-11-8-6-4-5-7-9-11/h11-12,15H,4-9H2,1-3H3. The molecule has 0 bridgehead atoms. The monoisotopic (exact) mass is 240 g/mol. The topological polar surface area (TPSA) is 54.3 Å². The summed E-state index contributed by atoms with van der Waals surface area (Å²) in [6, 6.07) is 2.69. The molecule has 0 aromatic rings. The Hall–Kier alpha value is -0.630. The van der Waals surface area contributed by atoms with Gasteiger partial charge in [-0.1, -0.05) is 25.7 Å². The first-order chi connectivity index (χ1) is 8.16. The quantitative estimate of drug-likeness (QED) is 0.591. The van der Waals surface area contributed by atoms with Gasteiger partial charge < -0.3 is 9.47 Å².